The predicted octanol–water partition coefficient (Wildman–Crippen LogP) is 3.61. The van der Waals surface area contributed by atoms with E-state index < -0.39 is 10.0 Å². The van der Waals surface area contributed by atoms with Crippen LogP contribution < -0.4 is 15.4 Å². The van der Waals surface area contributed by atoms with Crippen LogP contribution in [0.4, 0.5) is 11.4 Å². The van der Waals surface area contributed by atoms with Crippen molar-refractivity contribution in [3.05, 3.63) is 54.1 Å². The Morgan fingerprint density at radius 1 is 0.966 bits per heavy atom. The molecule has 3 N–H and O–H groups in total. The molecule has 2 aromatic carbocycles. The Morgan fingerprint density at radius 3 is 2.28 bits per heavy atom. The summed E-state index contributed by atoms with van der Waals surface area (Å²) in [6.07, 6.45) is 1.67. The minimum Gasteiger partial charge on any atom is -0.326 e. The number of rotatable bonds is 9. The average Bonchev–Trinajstić information content (AvgIpc) is 2.68. The van der Waals surface area contributed by atoms with Crippen molar-refractivity contribution >= 4 is 33.2 Å². The van der Waals surface area contributed by atoms with E-state index >= 15 is 0 Å². The molecule has 0 aliphatic rings. The summed E-state index contributed by atoms with van der Waals surface area (Å²) in [5.74, 6) is -0.659. The smallest absolute Gasteiger partial charge is 0.255 e. The van der Waals surface area contributed by atoms with E-state index in [1.165, 1.54) is 24.3 Å². The SMILES string of the molecule is CCCCNS(=O)(=O)c1ccc(NC(=O)c2cccc(NC(=O)C(C)C)c2)cc1. The summed E-state index contributed by atoms with van der Waals surface area (Å²) in [4.78, 5) is 24.4. The van der Waals surface area contributed by atoms with Crippen molar-refractivity contribution in [3.8, 4) is 0 Å². The molecule has 2 rings (SSSR count). The standard InChI is InChI=1S/C21H27N3O4S/c1-4-5-13-22-29(27,28)19-11-9-17(10-12-19)23-21(26)16-7-6-8-18(14-16)24-20(25)15(2)3/h6-12,14-15,22H,4-5,13H2,1-3H3,(H,23,26)(H,24,25). The highest BCUT2D eigenvalue weighted by atomic mass is 32.2. The van der Waals surface area contributed by atoms with E-state index in [0.717, 1.165) is 12.8 Å². The quantitative estimate of drug-likeness (QED) is 0.542. The number of carbonyl (C=O) groups is 2. The van der Waals surface area contributed by atoms with Crippen LogP contribution in [0.2, 0.25) is 0 Å². The van der Waals surface area contributed by atoms with Gasteiger partial charge in [0.25, 0.3) is 5.91 Å². The highest BCUT2D eigenvalue weighted by Gasteiger charge is 2.14. The number of carbonyl (C=O) groups excluding carboxylic acids is 2. The van der Waals surface area contributed by atoms with Gasteiger partial charge in [-0.3, -0.25) is 9.59 Å². The lowest BCUT2D eigenvalue weighted by molar-refractivity contribution is -0.118. The van der Waals surface area contributed by atoms with Crippen molar-refractivity contribution in [2.45, 2.75) is 38.5 Å². The third-order valence-corrected chi connectivity index (χ3v) is 5.64. The van der Waals surface area contributed by atoms with Crippen molar-refractivity contribution in [1.29, 1.82) is 0 Å². The van der Waals surface area contributed by atoms with Crippen LogP contribution >= 0.6 is 0 Å². The Labute approximate surface area is 172 Å². The van der Waals surface area contributed by atoms with Gasteiger partial charge in [-0.2, -0.15) is 0 Å². The molecule has 0 aromatic heterocycles. The number of hydrogen-bond acceptors (Lipinski definition) is 4. The Kier molecular flexibility index (Phi) is 7.92. The van der Waals surface area contributed by atoms with Crippen LogP contribution in [0.5, 0.6) is 0 Å². The molecular formula is C21H27N3O4S. The first-order valence-corrected chi connectivity index (χ1v) is 11.0. The van der Waals surface area contributed by atoms with Crippen LogP contribution in [-0.4, -0.2) is 26.8 Å². The number of nitrogens with one attached hydrogen (secondary N) is 3. The highest BCUT2D eigenvalue weighted by Crippen LogP contribution is 2.17. The first kappa shape index (κ1) is 22.6. The number of benzene rings is 2. The molecule has 7 nitrogen and oxygen atoms in total. The minimum atomic E-state index is -3.56. The van der Waals surface area contributed by atoms with Gasteiger partial charge in [0.1, 0.15) is 0 Å². The lowest BCUT2D eigenvalue weighted by atomic mass is 10.1. The number of unbranched alkanes of at least 4 members (excludes halogenated alkanes) is 1. The topological polar surface area (TPSA) is 104 Å². The van der Waals surface area contributed by atoms with E-state index in [9.17, 15) is 18.0 Å². The van der Waals surface area contributed by atoms with Gasteiger partial charge in [0, 0.05) is 29.4 Å². The molecule has 0 unspecified atom stereocenters. The third-order valence-electron chi connectivity index (χ3n) is 4.16. The normalized spacial score (nSPS) is 11.3. The lowest BCUT2D eigenvalue weighted by Gasteiger charge is -2.10. The molecule has 0 saturated heterocycles. The minimum absolute atomic E-state index is 0.132. The average molecular weight is 418 g/mol. The maximum absolute atomic E-state index is 12.5. The fraction of sp³-hybridized carbons (Fsp3) is 0.333. The van der Waals surface area contributed by atoms with Crippen molar-refractivity contribution in [3.63, 3.8) is 0 Å². The summed E-state index contributed by atoms with van der Waals surface area (Å²) in [5, 5.41) is 5.48. The van der Waals surface area contributed by atoms with Gasteiger partial charge in [-0.05, 0) is 48.9 Å². The molecular weight excluding hydrogens is 390 g/mol. The molecule has 29 heavy (non-hydrogen) atoms. The second kappa shape index (κ2) is 10.2. The summed E-state index contributed by atoms with van der Waals surface area (Å²) in [5.41, 5.74) is 1.39. The first-order chi connectivity index (χ1) is 13.7. The van der Waals surface area contributed by atoms with E-state index in [-0.39, 0.29) is 22.6 Å². The largest absolute Gasteiger partial charge is 0.326 e. The molecule has 8 heteroatoms. The van der Waals surface area contributed by atoms with Crippen molar-refractivity contribution in [1.82, 2.24) is 4.72 Å². The lowest BCUT2D eigenvalue weighted by Crippen LogP contribution is -2.24. The van der Waals surface area contributed by atoms with Gasteiger partial charge >= 0.3 is 0 Å². The first-order valence-electron chi connectivity index (χ1n) is 9.55. The Hall–Kier alpha value is -2.71. The molecule has 0 aliphatic carbocycles. The predicted molar refractivity (Wildman–Crippen MR) is 114 cm³/mol. The molecule has 2 aromatic rings. The van der Waals surface area contributed by atoms with Gasteiger partial charge in [-0.15, -0.1) is 0 Å². The molecule has 0 atom stereocenters. The van der Waals surface area contributed by atoms with E-state index in [0.29, 0.717) is 23.5 Å². The van der Waals surface area contributed by atoms with Crippen molar-refractivity contribution in [2.75, 3.05) is 17.2 Å². The second-order valence-corrected chi connectivity index (χ2v) is 8.72. The molecule has 0 fully saturated rings. The van der Waals surface area contributed by atoms with Crippen molar-refractivity contribution in [2.24, 2.45) is 5.92 Å². The van der Waals surface area contributed by atoms with Crippen LogP contribution in [0.25, 0.3) is 0 Å². The van der Waals surface area contributed by atoms with Crippen LogP contribution in [0.1, 0.15) is 44.0 Å². The van der Waals surface area contributed by atoms with E-state index in [2.05, 4.69) is 15.4 Å². The number of amides is 2. The molecule has 0 spiro atoms. The zero-order chi connectivity index (χ0) is 21.4. The van der Waals surface area contributed by atoms with Gasteiger partial charge in [-0.1, -0.05) is 33.3 Å². The van der Waals surface area contributed by atoms with E-state index in [1.807, 2.05) is 6.92 Å². The van der Waals surface area contributed by atoms with Crippen LogP contribution in [0.15, 0.2) is 53.4 Å². The van der Waals surface area contributed by atoms with Gasteiger partial charge in [-0.25, -0.2) is 13.1 Å². The summed E-state index contributed by atoms with van der Waals surface area (Å²) in [6.45, 7) is 5.95. The summed E-state index contributed by atoms with van der Waals surface area (Å²) in [6, 6.07) is 12.6. The number of sulfonamides is 1. The Morgan fingerprint density at radius 2 is 1.66 bits per heavy atom. The summed E-state index contributed by atoms with van der Waals surface area (Å²) >= 11 is 0. The molecule has 156 valence electrons. The maximum atomic E-state index is 12.5. The number of anilines is 2. The molecule has 0 bridgehead atoms. The Bertz CT molecular complexity index is 954. The van der Waals surface area contributed by atoms with E-state index in [4.69, 9.17) is 0 Å². The maximum Gasteiger partial charge on any atom is 0.255 e. The zero-order valence-electron chi connectivity index (χ0n) is 16.9. The van der Waals surface area contributed by atoms with Gasteiger partial charge in [0.2, 0.25) is 15.9 Å². The zero-order valence-corrected chi connectivity index (χ0v) is 17.7. The van der Waals surface area contributed by atoms with Crippen LogP contribution in [0.3, 0.4) is 0 Å². The number of hydrogen-bond donors (Lipinski definition) is 3. The third kappa shape index (κ3) is 6.69. The summed E-state index contributed by atoms with van der Waals surface area (Å²) < 4.78 is 26.9. The van der Waals surface area contributed by atoms with Gasteiger partial charge < -0.3 is 10.6 Å². The van der Waals surface area contributed by atoms with Gasteiger partial charge in [0.15, 0.2) is 0 Å². The molecule has 0 aliphatic heterocycles. The Balaban J connectivity index is 2.05. The van der Waals surface area contributed by atoms with Crippen molar-refractivity contribution < 1.29 is 18.0 Å². The van der Waals surface area contributed by atoms with Crippen LogP contribution in [0, 0.1) is 5.92 Å². The fourth-order valence-corrected chi connectivity index (χ4v) is 3.49. The molecule has 0 radical (unpaired) electrons. The van der Waals surface area contributed by atoms with E-state index in [1.54, 1.807) is 38.1 Å². The molecule has 0 saturated carbocycles. The molecule has 0 heterocycles. The summed E-state index contributed by atoms with van der Waals surface area (Å²) in [7, 11) is -3.56. The second-order valence-electron chi connectivity index (χ2n) is 6.95. The monoisotopic (exact) mass is 417 g/mol. The fourth-order valence-electron chi connectivity index (χ4n) is 2.41. The van der Waals surface area contributed by atoms with Gasteiger partial charge in [0.05, 0.1) is 4.90 Å². The molecule has 2 amide bonds. The van der Waals surface area contributed by atoms with Crippen LogP contribution in [-0.2, 0) is 14.8 Å². The highest BCUT2D eigenvalue weighted by molar-refractivity contribution is 7.89.